The number of hydrogen-bond acceptors (Lipinski definition) is 9. The van der Waals surface area contributed by atoms with Crippen LogP contribution >= 0.6 is 11.3 Å². The highest BCUT2D eigenvalue weighted by atomic mass is 32.1. The lowest BCUT2D eigenvalue weighted by Gasteiger charge is -2.25. The molecular weight excluding hydrogens is 462 g/mol. The van der Waals surface area contributed by atoms with Crippen molar-refractivity contribution in [1.29, 1.82) is 0 Å². The van der Waals surface area contributed by atoms with E-state index in [9.17, 15) is 0 Å². The first-order valence-corrected chi connectivity index (χ1v) is 13.1. The third-order valence-corrected chi connectivity index (χ3v) is 7.39. The third kappa shape index (κ3) is 6.04. The fourth-order valence-corrected chi connectivity index (χ4v) is 5.34. The first-order chi connectivity index (χ1) is 17.1. The predicted molar refractivity (Wildman–Crippen MR) is 139 cm³/mol. The Morgan fingerprint density at radius 2 is 1.89 bits per heavy atom. The van der Waals surface area contributed by atoms with Crippen LogP contribution in [0.5, 0.6) is 11.5 Å². The molecule has 0 amide bonds. The molecule has 186 valence electrons. The first kappa shape index (κ1) is 23.8. The third-order valence-electron chi connectivity index (χ3n) is 6.30. The Balaban J connectivity index is 1.47. The van der Waals surface area contributed by atoms with Gasteiger partial charge in [0.25, 0.3) is 0 Å². The molecule has 0 bridgehead atoms. The second-order valence-corrected chi connectivity index (χ2v) is 10.3. The molecule has 2 aliphatic rings. The van der Waals surface area contributed by atoms with Crippen molar-refractivity contribution in [3.05, 3.63) is 46.5 Å². The lowest BCUT2D eigenvalue weighted by atomic mass is 10.0. The van der Waals surface area contributed by atoms with E-state index in [0.717, 1.165) is 72.5 Å². The summed E-state index contributed by atoms with van der Waals surface area (Å²) < 4.78 is 18.1. The molecule has 35 heavy (non-hydrogen) atoms. The van der Waals surface area contributed by atoms with Gasteiger partial charge >= 0.3 is 0 Å². The SMILES string of the molecule is CCOc1cc(Cc2cnc(N)nc2N)cc(OCC2CC2)c1-c1ccc(CN2CCOCC2)s1. The van der Waals surface area contributed by atoms with Crippen LogP contribution < -0.4 is 20.9 Å². The summed E-state index contributed by atoms with van der Waals surface area (Å²) in [6, 6.07) is 8.60. The molecule has 1 saturated carbocycles. The van der Waals surface area contributed by atoms with Crippen LogP contribution in [0.3, 0.4) is 0 Å². The molecule has 1 saturated heterocycles. The number of nitrogens with two attached hydrogens (primary N) is 2. The molecule has 1 aromatic carbocycles. The zero-order valence-corrected chi connectivity index (χ0v) is 21.0. The molecule has 8 nitrogen and oxygen atoms in total. The van der Waals surface area contributed by atoms with Crippen molar-refractivity contribution < 1.29 is 14.2 Å². The largest absolute Gasteiger partial charge is 0.493 e. The highest BCUT2D eigenvalue weighted by Gasteiger charge is 2.25. The van der Waals surface area contributed by atoms with Gasteiger partial charge in [-0.3, -0.25) is 4.90 Å². The van der Waals surface area contributed by atoms with Crippen molar-refractivity contribution in [2.24, 2.45) is 5.92 Å². The quantitative estimate of drug-likeness (QED) is 0.435. The fourth-order valence-electron chi connectivity index (χ4n) is 4.23. The van der Waals surface area contributed by atoms with Crippen LogP contribution in [0.15, 0.2) is 30.5 Å². The van der Waals surface area contributed by atoms with Crippen molar-refractivity contribution in [1.82, 2.24) is 14.9 Å². The molecule has 4 N–H and O–H groups in total. The Kier molecular flexibility index (Phi) is 7.36. The van der Waals surface area contributed by atoms with Crippen molar-refractivity contribution in [2.45, 2.75) is 32.7 Å². The fraction of sp³-hybridized carbons (Fsp3) is 0.462. The maximum atomic E-state index is 6.41. The smallest absolute Gasteiger partial charge is 0.221 e. The molecule has 3 aromatic rings. The van der Waals surface area contributed by atoms with E-state index in [4.69, 9.17) is 25.7 Å². The molecule has 1 aliphatic carbocycles. The van der Waals surface area contributed by atoms with Crippen LogP contribution in [0.4, 0.5) is 11.8 Å². The zero-order valence-electron chi connectivity index (χ0n) is 20.2. The van der Waals surface area contributed by atoms with Crippen molar-refractivity contribution in [2.75, 3.05) is 51.0 Å². The van der Waals surface area contributed by atoms with Gasteiger partial charge in [0.05, 0.1) is 32.0 Å². The van der Waals surface area contributed by atoms with E-state index in [0.29, 0.717) is 24.8 Å². The summed E-state index contributed by atoms with van der Waals surface area (Å²) in [6.07, 6.45) is 4.72. The van der Waals surface area contributed by atoms with Gasteiger partial charge in [-0.05, 0) is 55.5 Å². The normalized spacial score (nSPS) is 16.4. The van der Waals surface area contributed by atoms with E-state index in [1.54, 1.807) is 17.5 Å². The number of thiophene rings is 1. The van der Waals surface area contributed by atoms with Crippen LogP contribution in [0.25, 0.3) is 10.4 Å². The van der Waals surface area contributed by atoms with E-state index < -0.39 is 0 Å². The number of hydrogen-bond donors (Lipinski definition) is 2. The second kappa shape index (κ2) is 10.8. The summed E-state index contributed by atoms with van der Waals surface area (Å²) >= 11 is 1.80. The predicted octanol–water partition coefficient (Wildman–Crippen LogP) is 3.98. The second-order valence-electron chi connectivity index (χ2n) is 9.12. The summed E-state index contributed by atoms with van der Waals surface area (Å²) in [4.78, 5) is 13.1. The molecule has 2 fully saturated rings. The van der Waals surface area contributed by atoms with E-state index >= 15 is 0 Å². The molecule has 2 aromatic heterocycles. The Labute approximate surface area is 210 Å². The number of anilines is 2. The van der Waals surface area contributed by atoms with Crippen LogP contribution in [0, 0.1) is 5.92 Å². The lowest BCUT2D eigenvalue weighted by molar-refractivity contribution is 0.0346. The van der Waals surface area contributed by atoms with Gasteiger partial charge in [-0.2, -0.15) is 4.98 Å². The number of nitrogen functional groups attached to an aromatic ring is 2. The number of benzene rings is 1. The van der Waals surface area contributed by atoms with Crippen molar-refractivity contribution >= 4 is 23.1 Å². The highest BCUT2D eigenvalue weighted by molar-refractivity contribution is 7.15. The number of morpholine rings is 1. The van der Waals surface area contributed by atoms with Crippen LogP contribution in [-0.4, -0.2) is 54.4 Å². The number of nitrogens with zero attached hydrogens (tertiary/aromatic N) is 3. The van der Waals surface area contributed by atoms with Crippen LogP contribution in [0.1, 0.15) is 35.8 Å². The topological polar surface area (TPSA) is 109 Å². The summed E-state index contributed by atoms with van der Waals surface area (Å²) in [5, 5.41) is 0. The minimum Gasteiger partial charge on any atom is -0.493 e. The van der Waals surface area contributed by atoms with Gasteiger partial charge in [-0.1, -0.05) is 0 Å². The van der Waals surface area contributed by atoms with Gasteiger partial charge in [-0.25, -0.2) is 4.98 Å². The Morgan fingerprint density at radius 1 is 1.11 bits per heavy atom. The van der Waals surface area contributed by atoms with Crippen LogP contribution in [0.2, 0.25) is 0 Å². The molecule has 9 heteroatoms. The Bertz CT molecular complexity index is 1160. The van der Waals surface area contributed by atoms with Gasteiger partial charge in [0.15, 0.2) is 0 Å². The number of rotatable bonds is 10. The molecular formula is C26H33N5O3S. The van der Waals surface area contributed by atoms with Gasteiger partial charge in [-0.15, -0.1) is 11.3 Å². The minimum absolute atomic E-state index is 0.177. The maximum absolute atomic E-state index is 6.41. The highest BCUT2D eigenvalue weighted by Crippen LogP contribution is 2.44. The van der Waals surface area contributed by atoms with Crippen molar-refractivity contribution in [3.8, 4) is 21.9 Å². The summed E-state index contributed by atoms with van der Waals surface area (Å²) in [5.41, 5.74) is 14.7. The van der Waals surface area contributed by atoms with E-state index in [1.807, 2.05) is 6.92 Å². The van der Waals surface area contributed by atoms with E-state index in [2.05, 4.69) is 39.1 Å². The zero-order chi connectivity index (χ0) is 24.2. The molecule has 0 spiro atoms. The standard InChI is InChI=1S/C26H33N5O3S/c1-2-33-21-12-18(11-19-14-29-26(28)30-25(19)27)13-22(34-16-17-3-4-17)24(21)23-6-5-20(35-23)15-31-7-9-32-10-8-31/h5-6,12-14,17H,2-4,7-11,15-16H2,1H3,(H4,27,28,29,30). The monoisotopic (exact) mass is 495 g/mol. The van der Waals surface area contributed by atoms with Gasteiger partial charge in [0.2, 0.25) is 5.95 Å². The molecule has 0 unspecified atom stereocenters. The van der Waals surface area contributed by atoms with Crippen LogP contribution in [-0.2, 0) is 17.7 Å². The summed E-state index contributed by atoms with van der Waals surface area (Å²) in [6.45, 7) is 7.78. The number of ether oxygens (including phenoxy) is 3. The lowest BCUT2D eigenvalue weighted by Crippen LogP contribution is -2.35. The van der Waals surface area contributed by atoms with Crippen molar-refractivity contribution in [3.63, 3.8) is 0 Å². The van der Waals surface area contributed by atoms with E-state index in [1.165, 1.54) is 17.7 Å². The Hall–Kier alpha value is -2.88. The number of aromatic nitrogens is 2. The molecule has 3 heterocycles. The summed E-state index contributed by atoms with van der Waals surface area (Å²) in [7, 11) is 0. The average Bonchev–Trinajstić information content (AvgIpc) is 3.57. The van der Waals surface area contributed by atoms with Gasteiger partial charge in [0, 0.05) is 47.6 Å². The Morgan fingerprint density at radius 3 is 2.60 bits per heavy atom. The first-order valence-electron chi connectivity index (χ1n) is 12.3. The minimum atomic E-state index is 0.177. The molecule has 5 rings (SSSR count). The van der Waals surface area contributed by atoms with E-state index in [-0.39, 0.29) is 5.95 Å². The molecule has 0 radical (unpaired) electrons. The van der Waals surface area contributed by atoms with Gasteiger partial charge < -0.3 is 25.7 Å². The summed E-state index contributed by atoms with van der Waals surface area (Å²) in [5.74, 6) is 2.89. The molecule has 0 atom stereocenters. The van der Waals surface area contributed by atoms with Gasteiger partial charge in [0.1, 0.15) is 17.3 Å². The molecule has 1 aliphatic heterocycles. The maximum Gasteiger partial charge on any atom is 0.221 e. The average molecular weight is 496 g/mol.